The van der Waals surface area contributed by atoms with Crippen LogP contribution >= 0.6 is 0 Å². The first-order valence-electron chi connectivity index (χ1n) is 11.9. The van der Waals surface area contributed by atoms with Gasteiger partial charge in [0.15, 0.2) is 11.5 Å². The molecule has 33 heavy (non-hydrogen) atoms. The molecule has 1 saturated heterocycles. The first-order valence-corrected chi connectivity index (χ1v) is 11.9. The number of benzene rings is 1. The summed E-state index contributed by atoms with van der Waals surface area (Å²) >= 11 is 0. The highest BCUT2D eigenvalue weighted by Gasteiger charge is 2.43. The highest BCUT2D eigenvalue weighted by Crippen LogP contribution is 2.33. The summed E-state index contributed by atoms with van der Waals surface area (Å²) < 4.78 is 22.1. The van der Waals surface area contributed by atoms with Crippen LogP contribution in [0.3, 0.4) is 0 Å². The number of aliphatic hydroxyl groups excluding tert-OH is 3. The minimum Gasteiger partial charge on any atom is -0.493 e. The zero-order valence-electron chi connectivity index (χ0n) is 20.2. The molecule has 1 aromatic rings. The van der Waals surface area contributed by atoms with Crippen molar-refractivity contribution in [2.45, 2.75) is 90.5 Å². The largest absolute Gasteiger partial charge is 0.493 e. The Morgan fingerprint density at radius 2 is 1.82 bits per heavy atom. The first-order chi connectivity index (χ1) is 15.8. The molecular weight excluding hydrogens is 428 g/mol. The number of hydrogen-bond acceptors (Lipinski definition) is 8. The summed E-state index contributed by atoms with van der Waals surface area (Å²) in [5.41, 5.74) is 0.733. The van der Waals surface area contributed by atoms with E-state index < -0.39 is 30.5 Å². The van der Waals surface area contributed by atoms with Crippen molar-refractivity contribution in [2.75, 3.05) is 13.7 Å². The molecule has 0 amide bonds. The van der Waals surface area contributed by atoms with Crippen molar-refractivity contribution in [2.24, 2.45) is 11.8 Å². The third-order valence-electron chi connectivity index (χ3n) is 6.03. The Kier molecular flexibility index (Phi) is 11.4. The molecule has 5 unspecified atom stereocenters. The maximum atomic E-state index is 12.0. The van der Waals surface area contributed by atoms with Gasteiger partial charge in [-0.2, -0.15) is 0 Å². The zero-order valence-corrected chi connectivity index (χ0v) is 20.2. The summed E-state index contributed by atoms with van der Waals surface area (Å²) in [6.45, 7) is 5.94. The molecule has 0 radical (unpaired) electrons. The standard InChI is InChI=1S/C25H40O8/c1-16(2)9-7-5-6-8-10-22(27)31-15-18-11-12-19(20(13-18)30-4)32-25-24(29)23(28)17(3)21(14-26)33-25/h11-13,16-17,21,23-26,28-29H,5-10,14-15H2,1-4H3. The van der Waals surface area contributed by atoms with Crippen molar-refractivity contribution < 1.29 is 39.1 Å². The molecule has 3 N–H and O–H groups in total. The molecule has 0 aromatic heterocycles. The molecule has 1 aliphatic rings. The lowest BCUT2D eigenvalue weighted by Crippen LogP contribution is -2.56. The van der Waals surface area contributed by atoms with E-state index in [0.717, 1.165) is 30.7 Å². The maximum Gasteiger partial charge on any atom is 0.306 e. The van der Waals surface area contributed by atoms with Gasteiger partial charge < -0.3 is 34.3 Å². The lowest BCUT2D eigenvalue weighted by Gasteiger charge is -2.40. The normalized spacial score (nSPS) is 25.2. The van der Waals surface area contributed by atoms with Crippen LogP contribution in [0.2, 0.25) is 0 Å². The molecular formula is C25H40O8. The average Bonchev–Trinajstić information content (AvgIpc) is 2.80. The van der Waals surface area contributed by atoms with Crippen LogP contribution < -0.4 is 9.47 Å². The number of unbranched alkanes of at least 4 members (excludes halogenated alkanes) is 3. The van der Waals surface area contributed by atoms with Gasteiger partial charge in [-0.1, -0.05) is 52.5 Å². The Labute approximate surface area is 196 Å². The minimum atomic E-state index is -1.28. The molecule has 8 nitrogen and oxygen atoms in total. The molecule has 5 atom stereocenters. The van der Waals surface area contributed by atoms with Crippen LogP contribution in [0, 0.1) is 11.8 Å². The van der Waals surface area contributed by atoms with Gasteiger partial charge in [0.05, 0.1) is 25.9 Å². The van der Waals surface area contributed by atoms with E-state index in [-0.39, 0.29) is 19.2 Å². The van der Waals surface area contributed by atoms with E-state index in [1.54, 1.807) is 25.1 Å². The summed E-state index contributed by atoms with van der Waals surface area (Å²) in [6.07, 6.45) is 1.63. The molecule has 8 heteroatoms. The molecule has 0 spiro atoms. The van der Waals surface area contributed by atoms with Crippen molar-refractivity contribution in [1.82, 2.24) is 0 Å². The van der Waals surface area contributed by atoms with Crippen LogP contribution in [-0.4, -0.2) is 59.6 Å². The van der Waals surface area contributed by atoms with Gasteiger partial charge in [-0.05, 0) is 30.0 Å². The second-order valence-corrected chi connectivity index (χ2v) is 9.18. The van der Waals surface area contributed by atoms with Gasteiger partial charge in [0, 0.05) is 12.3 Å². The first kappa shape index (κ1) is 27.4. The molecule has 1 aliphatic heterocycles. The summed E-state index contributed by atoms with van der Waals surface area (Å²) in [5, 5.41) is 30.0. The highest BCUT2D eigenvalue weighted by atomic mass is 16.7. The number of aliphatic hydroxyl groups is 3. The smallest absolute Gasteiger partial charge is 0.306 e. The van der Waals surface area contributed by atoms with Crippen LogP contribution in [0.15, 0.2) is 18.2 Å². The molecule has 188 valence electrons. The summed E-state index contributed by atoms with van der Waals surface area (Å²) in [5.74, 6) is 0.727. The molecule has 0 bridgehead atoms. The lowest BCUT2D eigenvalue weighted by molar-refractivity contribution is -0.261. The Morgan fingerprint density at radius 3 is 2.48 bits per heavy atom. The minimum absolute atomic E-state index is 0.119. The van der Waals surface area contributed by atoms with E-state index in [9.17, 15) is 20.1 Å². The summed E-state index contributed by atoms with van der Waals surface area (Å²) in [4.78, 5) is 12.0. The van der Waals surface area contributed by atoms with Gasteiger partial charge in [0.1, 0.15) is 12.7 Å². The third kappa shape index (κ3) is 8.45. The number of ether oxygens (including phenoxy) is 4. The fourth-order valence-electron chi connectivity index (χ4n) is 3.81. The van der Waals surface area contributed by atoms with Crippen molar-refractivity contribution in [3.05, 3.63) is 23.8 Å². The number of rotatable bonds is 13. The number of methoxy groups -OCH3 is 1. The second-order valence-electron chi connectivity index (χ2n) is 9.18. The van der Waals surface area contributed by atoms with Gasteiger partial charge in [0.25, 0.3) is 0 Å². The van der Waals surface area contributed by atoms with Crippen molar-refractivity contribution in [3.63, 3.8) is 0 Å². The van der Waals surface area contributed by atoms with Crippen LogP contribution in [-0.2, 0) is 20.9 Å². The molecule has 1 fully saturated rings. The number of carbonyl (C=O) groups excluding carboxylic acids is 1. The molecule has 1 heterocycles. The maximum absolute atomic E-state index is 12.0. The lowest BCUT2D eigenvalue weighted by atomic mass is 9.91. The monoisotopic (exact) mass is 468 g/mol. The Hall–Kier alpha value is -1.87. The predicted molar refractivity (Wildman–Crippen MR) is 123 cm³/mol. The van der Waals surface area contributed by atoms with E-state index in [1.165, 1.54) is 20.0 Å². The van der Waals surface area contributed by atoms with Gasteiger partial charge in [0.2, 0.25) is 6.29 Å². The van der Waals surface area contributed by atoms with E-state index in [2.05, 4.69) is 13.8 Å². The van der Waals surface area contributed by atoms with Crippen molar-refractivity contribution in [1.29, 1.82) is 0 Å². The number of hydrogen-bond donors (Lipinski definition) is 3. The van der Waals surface area contributed by atoms with E-state index >= 15 is 0 Å². The molecule has 1 aromatic carbocycles. The van der Waals surface area contributed by atoms with Crippen LogP contribution in [0.5, 0.6) is 11.5 Å². The number of esters is 1. The van der Waals surface area contributed by atoms with Gasteiger partial charge >= 0.3 is 5.97 Å². The van der Waals surface area contributed by atoms with Crippen molar-refractivity contribution in [3.8, 4) is 11.5 Å². The third-order valence-corrected chi connectivity index (χ3v) is 6.03. The second kappa shape index (κ2) is 13.7. The fourth-order valence-corrected chi connectivity index (χ4v) is 3.81. The average molecular weight is 469 g/mol. The van der Waals surface area contributed by atoms with E-state index in [1.807, 2.05) is 0 Å². The van der Waals surface area contributed by atoms with Crippen LogP contribution in [0.4, 0.5) is 0 Å². The Balaban J connectivity index is 1.84. The molecule has 2 rings (SSSR count). The summed E-state index contributed by atoms with van der Waals surface area (Å²) in [7, 11) is 1.48. The fraction of sp³-hybridized carbons (Fsp3) is 0.720. The van der Waals surface area contributed by atoms with E-state index in [0.29, 0.717) is 17.9 Å². The molecule has 0 saturated carbocycles. The zero-order chi connectivity index (χ0) is 24.4. The van der Waals surface area contributed by atoms with Gasteiger partial charge in [-0.25, -0.2) is 0 Å². The highest BCUT2D eigenvalue weighted by molar-refractivity contribution is 5.69. The van der Waals surface area contributed by atoms with Gasteiger partial charge in [-0.15, -0.1) is 0 Å². The molecule has 0 aliphatic carbocycles. The Bertz CT molecular complexity index is 720. The van der Waals surface area contributed by atoms with Crippen molar-refractivity contribution >= 4 is 5.97 Å². The predicted octanol–water partition coefficient (Wildman–Crippen LogP) is 3.19. The van der Waals surface area contributed by atoms with Crippen LogP contribution in [0.1, 0.15) is 64.9 Å². The van der Waals surface area contributed by atoms with Crippen LogP contribution in [0.25, 0.3) is 0 Å². The topological polar surface area (TPSA) is 115 Å². The SMILES string of the molecule is COc1cc(COC(=O)CCCCCCC(C)C)ccc1OC1OC(CO)C(C)C(O)C1O. The number of carbonyl (C=O) groups is 1. The quantitative estimate of drug-likeness (QED) is 0.299. The Morgan fingerprint density at radius 1 is 1.09 bits per heavy atom. The van der Waals surface area contributed by atoms with Gasteiger partial charge in [-0.3, -0.25) is 4.79 Å². The summed E-state index contributed by atoms with van der Waals surface area (Å²) in [6, 6.07) is 5.05. The van der Waals surface area contributed by atoms with E-state index in [4.69, 9.17) is 18.9 Å².